The molecule has 42 heavy (non-hydrogen) atoms. The molecular weight excluding hydrogens is 567 g/mol. The largest absolute Gasteiger partial charge is 0.491 e. The van der Waals surface area contributed by atoms with E-state index in [0.29, 0.717) is 23.7 Å². The van der Waals surface area contributed by atoms with E-state index in [4.69, 9.17) is 14.6 Å². The Morgan fingerprint density at radius 2 is 1.76 bits per heavy atom. The number of carbonyl (C=O) groups is 2. The number of aliphatic hydroxyl groups excluding tert-OH is 1. The van der Waals surface area contributed by atoms with Crippen molar-refractivity contribution in [3.63, 3.8) is 0 Å². The number of nitrogens with zero attached hydrogens (tertiary/aromatic N) is 4. The zero-order valence-corrected chi connectivity index (χ0v) is 22.5. The minimum Gasteiger partial charge on any atom is -0.491 e. The predicted molar refractivity (Wildman–Crippen MR) is 145 cm³/mol. The first-order chi connectivity index (χ1) is 19.7. The first kappa shape index (κ1) is 33.2. The van der Waals surface area contributed by atoms with Gasteiger partial charge in [-0.1, -0.05) is 6.07 Å². The highest BCUT2D eigenvalue weighted by Gasteiger charge is 2.38. The molecule has 17 heteroatoms. The van der Waals surface area contributed by atoms with Gasteiger partial charge in [0.15, 0.2) is 0 Å². The number of nitro benzene ring substituents is 1. The Balaban J connectivity index is 0.000000782. The molecule has 3 rings (SSSR count). The van der Waals surface area contributed by atoms with Gasteiger partial charge in [-0.25, -0.2) is 9.78 Å². The van der Waals surface area contributed by atoms with Gasteiger partial charge in [0.05, 0.1) is 4.92 Å². The summed E-state index contributed by atoms with van der Waals surface area (Å²) in [4.78, 5) is 42.2. The summed E-state index contributed by atoms with van der Waals surface area (Å²) in [6.45, 7) is 0.664. The molecule has 0 aliphatic heterocycles. The van der Waals surface area contributed by atoms with E-state index in [9.17, 15) is 33.2 Å². The molecule has 0 saturated heterocycles. The fourth-order valence-electron chi connectivity index (χ4n) is 3.10. The number of non-ortho nitro benzene ring substituents is 1. The lowest BCUT2D eigenvalue weighted by Gasteiger charge is -2.16. The van der Waals surface area contributed by atoms with Crippen molar-refractivity contribution in [3.8, 4) is 5.75 Å². The number of nitrogens with one attached hydrogen (secondary N) is 3. The van der Waals surface area contributed by atoms with Crippen LogP contribution < -0.4 is 20.7 Å². The molecule has 1 atom stereocenters. The summed E-state index contributed by atoms with van der Waals surface area (Å²) in [5.41, 5.74) is 1.14. The summed E-state index contributed by atoms with van der Waals surface area (Å²) in [5.74, 6) is -2.19. The second-order valence-electron chi connectivity index (χ2n) is 8.65. The highest BCUT2D eigenvalue weighted by Crippen LogP contribution is 2.25. The van der Waals surface area contributed by atoms with Gasteiger partial charge in [0, 0.05) is 43.3 Å². The van der Waals surface area contributed by atoms with Crippen molar-refractivity contribution in [3.05, 3.63) is 70.4 Å². The number of nitro groups is 1. The molecule has 0 aliphatic rings. The number of aliphatic hydroxyl groups is 1. The minimum absolute atomic E-state index is 0.0968. The van der Waals surface area contributed by atoms with Crippen molar-refractivity contribution in [2.75, 3.05) is 44.9 Å². The Bertz CT molecular complexity index is 1370. The van der Waals surface area contributed by atoms with Gasteiger partial charge in [-0.15, -0.1) is 0 Å². The number of ether oxygens (including phenoxy) is 1. The molecule has 1 amide bonds. The molecular formula is C25H28F3N7O7. The molecule has 0 saturated carbocycles. The van der Waals surface area contributed by atoms with Crippen LogP contribution in [0.3, 0.4) is 0 Å². The van der Waals surface area contributed by atoms with Gasteiger partial charge >= 0.3 is 12.1 Å². The summed E-state index contributed by atoms with van der Waals surface area (Å²) in [5, 5.41) is 36.6. The SMILES string of the molecule is CNC(=O)c1cnc(Nc2ccc(OCC(O)CN(C)C)cc2)nc1Nc1cccc([N+](=O)[O-])c1.O=C(O)C(F)(F)F. The third-order valence-corrected chi connectivity index (χ3v) is 4.95. The summed E-state index contributed by atoms with van der Waals surface area (Å²) in [7, 11) is 5.23. The smallest absolute Gasteiger partial charge is 0.490 e. The van der Waals surface area contributed by atoms with Crippen molar-refractivity contribution in [1.29, 1.82) is 0 Å². The molecule has 0 aliphatic carbocycles. The number of aliphatic carboxylic acids is 1. The first-order valence-corrected chi connectivity index (χ1v) is 11.9. The van der Waals surface area contributed by atoms with Gasteiger partial charge < -0.3 is 35.8 Å². The van der Waals surface area contributed by atoms with Crippen molar-refractivity contribution < 1.29 is 42.6 Å². The number of benzene rings is 2. The molecule has 0 spiro atoms. The van der Waals surface area contributed by atoms with E-state index in [1.165, 1.54) is 31.4 Å². The Morgan fingerprint density at radius 3 is 2.31 bits per heavy atom. The standard InChI is InChI=1S/C23H27N7O5.C2HF3O2/c1-24-22(32)20-12-25-23(28-21(20)26-16-5-4-6-17(11-16)30(33)34)27-15-7-9-19(10-8-15)35-14-18(31)13-29(2)3;3-2(4,5)1(6)7/h4-12,18,31H,13-14H2,1-3H3,(H,24,32)(H2,25,26,27,28);(H,6,7). The lowest BCUT2D eigenvalue weighted by Crippen LogP contribution is -2.30. The van der Waals surface area contributed by atoms with Crippen molar-refractivity contribution in [1.82, 2.24) is 20.2 Å². The number of rotatable bonds is 11. The zero-order valence-electron chi connectivity index (χ0n) is 22.5. The maximum atomic E-state index is 12.3. The third-order valence-electron chi connectivity index (χ3n) is 4.95. The number of carboxylic acids is 1. The lowest BCUT2D eigenvalue weighted by molar-refractivity contribution is -0.384. The van der Waals surface area contributed by atoms with E-state index in [1.54, 1.807) is 30.3 Å². The fraction of sp³-hybridized carbons (Fsp3) is 0.280. The summed E-state index contributed by atoms with van der Waals surface area (Å²) in [6, 6.07) is 12.9. The van der Waals surface area contributed by atoms with E-state index in [2.05, 4.69) is 25.9 Å². The number of hydrogen-bond donors (Lipinski definition) is 5. The Morgan fingerprint density at radius 1 is 1.12 bits per heavy atom. The summed E-state index contributed by atoms with van der Waals surface area (Å²) < 4.78 is 37.3. The van der Waals surface area contributed by atoms with Crippen LogP contribution in [0.2, 0.25) is 0 Å². The van der Waals surface area contributed by atoms with Gasteiger partial charge in [-0.2, -0.15) is 18.2 Å². The number of aromatic nitrogens is 2. The van der Waals surface area contributed by atoms with Gasteiger partial charge in [-0.05, 0) is 44.4 Å². The van der Waals surface area contributed by atoms with Gasteiger partial charge in [0.25, 0.3) is 11.6 Å². The fourth-order valence-corrected chi connectivity index (χ4v) is 3.10. The zero-order chi connectivity index (χ0) is 31.4. The monoisotopic (exact) mass is 595 g/mol. The highest BCUT2D eigenvalue weighted by molar-refractivity contribution is 5.99. The maximum Gasteiger partial charge on any atom is 0.490 e. The number of carbonyl (C=O) groups excluding carboxylic acids is 1. The number of halogens is 3. The van der Waals surface area contributed by atoms with Crippen LogP contribution in [-0.2, 0) is 4.79 Å². The van der Waals surface area contributed by atoms with Crippen molar-refractivity contribution in [2.45, 2.75) is 12.3 Å². The normalized spacial score (nSPS) is 11.5. The molecule has 3 aromatic rings. The molecule has 0 fully saturated rings. The molecule has 1 aromatic heterocycles. The van der Waals surface area contributed by atoms with Crippen LogP contribution >= 0.6 is 0 Å². The van der Waals surface area contributed by atoms with E-state index in [0.717, 1.165) is 0 Å². The number of alkyl halides is 3. The Hall–Kier alpha value is -5.03. The average molecular weight is 596 g/mol. The Kier molecular flexibility index (Phi) is 11.9. The third kappa shape index (κ3) is 10.9. The van der Waals surface area contributed by atoms with Gasteiger partial charge in [0.1, 0.15) is 29.8 Å². The maximum absolute atomic E-state index is 12.3. The molecule has 226 valence electrons. The van der Waals surface area contributed by atoms with E-state index in [-0.39, 0.29) is 29.6 Å². The van der Waals surface area contributed by atoms with Gasteiger partial charge in [0.2, 0.25) is 5.95 Å². The number of hydrogen-bond acceptors (Lipinski definition) is 11. The number of anilines is 4. The Labute approximate surface area is 237 Å². The first-order valence-electron chi connectivity index (χ1n) is 11.9. The quantitative estimate of drug-likeness (QED) is 0.161. The molecule has 1 unspecified atom stereocenters. The van der Waals surface area contributed by atoms with Crippen molar-refractivity contribution in [2.24, 2.45) is 0 Å². The average Bonchev–Trinajstić information content (AvgIpc) is 2.92. The number of likely N-dealkylation sites (N-methyl/N-ethyl adjacent to an activating group) is 1. The van der Waals surface area contributed by atoms with Crippen molar-refractivity contribution >= 4 is 40.7 Å². The van der Waals surface area contributed by atoms with E-state index < -0.39 is 29.1 Å². The predicted octanol–water partition coefficient (Wildman–Crippen LogP) is 3.17. The highest BCUT2D eigenvalue weighted by atomic mass is 19.4. The van der Waals surface area contributed by atoms with Gasteiger partial charge in [-0.3, -0.25) is 14.9 Å². The molecule has 0 bridgehead atoms. The van der Waals surface area contributed by atoms with E-state index in [1.807, 2.05) is 19.0 Å². The van der Waals surface area contributed by atoms with Crippen LogP contribution in [0.15, 0.2) is 54.7 Å². The number of carboxylic acid groups (broad SMARTS) is 1. The molecule has 14 nitrogen and oxygen atoms in total. The lowest BCUT2D eigenvalue weighted by atomic mass is 10.2. The van der Waals surface area contributed by atoms with Crippen LogP contribution in [-0.4, -0.2) is 88.5 Å². The molecule has 0 radical (unpaired) electrons. The van der Waals surface area contributed by atoms with Crippen LogP contribution in [0.4, 0.5) is 42.0 Å². The molecule has 1 heterocycles. The van der Waals surface area contributed by atoms with Crippen LogP contribution in [0, 0.1) is 10.1 Å². The number of amides is 1. The van der Waals surface area contributed by atoms with Crippen LogP contribution in [0.1, 0.15) is 10.4 Å². The molecule has 5 N–H and O–H groups in total. The van der Waals surface area contributed by atoms with Crippen LogP contribution in [0.25, 0.3) is 0 Å². The summed E-state index contributed by atoms with van der Waals surface area (Å²) in [6.07, 6.45) is -4.33. The topological polar surface area (TPSA) is 192 Å². The second kappa shape index (κ2) is 15.1. The van der Waals surface area contributed by atoms with Crippen LogP contribution in [0.5, 0.6) is 5.75 Å². The molecule has 2 aromatic carbocycles. The van der Waals surface area contributed by atoms with E-state index >= 15 is 0 Å². The second-order valence-corrected chi connectivity index (χ2v) is 8.65. The minimum atomic E-state index is -5.08. The summed E-state index contributed by atoms with van der Waals surface area (Å²) >= 11 is 0.